The Morgan fingerprint density at radius 3 is 2.57 bits per heavy atom. The van der Waals surface area contributed by atoms with Crippen LogP contribution in [0.5, 0.6) is 11.5 Å². The molecule has 1 saturated heterocycles. The molecule has 37 heavy (non-hydrogen) atoms. The van der Waals surface area contributed by atoms with E-state index < -0.39 is 5.97 Å². The van der Waals surface area contributed by atoms with E-state index in [-0.39, 0.29) is 18.3 Å². The van der Waals surface area contributed by atoms with Crippen LogP contribution in [0.1, 0.15) is 28.4 Å². The van der Waals surface area contributed by atoms with Crippen LogP contribution in [0.25, 0.3) is 6.08 Å². The van der Waals surface area contributed by atoms with Crippen molar-refractivity contribution in [1.29, 1.82) is 0 Å². The molecule has 190 valence electrons. The number of amidine groups is 1. The second-order valence-electron chi connectivity index (χ2n) is 7.97. The first-order chi connectivity index (χ1) is 17.9. The molecule has 9 heteroatoms. The summed E-state index contributed by atoms with van der Waals surface area (Å²) in [5.41, 5.74) is 2.50. The minimum atomic E-state index is -0.393. The number of carbonyl (C=O) groups is 2. The molecule has 1 heterocycles. The van der Waals surface area contributed by atoms with Crippen molar-refractivity contribution in [2.45, 2.75) is 13.5 Å². The van der Waals surface area contributed by atoms with E-state index in [1.807, 2.05) is 6.07 Å². The lowest BCUT2D eigenvalue weighted by Crippen LogP contribution is -2.23. The molecule has 0 atom stereocenters. The van der Waals surface area contributed by atoms with Crippen molar-refractivity contribution < 1.29 is 28.2 Å². The Morgan fingerprint density at radius 1 is 1.08 bits per heavy atom. The van der Waals surface area contributed by atoms with Crippen LogP contribution in [-0.2, 0) is 16.1 Å². The Hall–Kier alpha value is -4.11. The van der Waals surface area contributed by atoms with Crippen molar-refractivity contribution in [1.82, 2.24) is 4.90 Å². The van der Waals surface area contributed by atoms with Gasteiger partial charge in [-0.3, -0.25) is 9.69 Å². The number of nitrogens with zero attached hydrogens (tertiary/aromatic N) is 2. The molecule has 0 unspecified atom stereocenters. The van der Waals surface area contributed by atoms with Gasteiger partial charge in [0.2, 0.25) is 0 Å². The number of esters is 1. The van der Waals surface area contributed by atoms with Crippen molar-refractivity contribution in [3.63, 3.8) is 0 Å². The quantitative estimate of drug-likeness (QED) is 0.275. The fraction of sp³-hybridized carbons (Fsp3) is 0.179. The Morgan fingerprint density at radius 2 is 1.86 bits per heavy atom. The second kappa shape index (κ2) is 11.7. The smallest absolute Gasteiger partial charge is 0.338 e. The Bertz CT molecular complexity index is 1370. The number of aliphatic imine (C=N–C) groups is 1. The molecule has 1 fully saturated rings. The number of halogens is 1. The molecule has 0 N–H and O–H groups in total. The summed E-state index contributed by atoms with van der Waals surface area (Å²) in [6.07, 6.45) is 1.76. The first kappa shape index (κ1) is 26.0. The number of hydrogen-bond acceptors (Lipinski definition) is 7. The third kappa shape index (κ3) is 6.37. The molecule has 0 spiro atoms. The monoisotopic (exact) mass is 520 g/mol. The average Bonchev–Trinajstić information content (AvgIpc) is 3.16. The molecule has 3 aromatic rings. The summed E-state index contributed by atoms with van der Waals surface area (Å²) < 4.78 is 29.7. The maximum Gasteiger partial charge on any atom is 0.338 e. The summed E-state index contributed by atoms with van der Waals surface area (Å²) in [4.78, 5) is 31.2. The first-order valence-corrected chi connectivity index (χ1v) is 12.3. The van der Waals surface area contributed by atoms with Crippen molar-refractivity contribution in [3.8, 4) is 11.5 Å². The summed E-state index contributed by atoms with van der Waals surface area (Å²) in [6, 6.07) is 18.2. The molecule has 0 bridgehead atoms. The fourth-order valence-electron chi connectivity index (χ4n) is 3.48. The van der Waals surface area contributed by atoms with E-state index >= 15 is 0 Å². The van der Waals surface area contributed by atoms with Crippen LogP contribution in [0.2, 0.25) is 0 Å². The van der Waals surface area contributed by atoms with Crippen LogP contribution in [0.15, 0.2) is 76.6 Å². The van der Waals surface area contributed by atoms with Crippen molar-refractivity contribution in [2.75, 3.05) is 20.8 Å². The number of benzene rings is 3. The lowest BCUT2D eigenvalue weighted by atomic mass is 10.1. The second-order valence-corrected chi connectivity index (χ2v) is 8.97. The number of carbonyl (C=O) groups excluding carboxylic acids is 2. The van der Waals surface area contributed by atoms with Gasteiger partial charge < -0.3 is 14.2 Å². The summed E-state index contributed by atoms with van der Waals surface area (Å²) in [5, 5.41) is 0.516. The first-order valence-electron chi connectivity index (χ1n) is 11.5. The highest BCUT2D eigenvalue weighted by Crippen LogP contribution is 2.35. The molecule has 4 rings (SSSR count). The summed E-state index contributed by atoms with van der Waals surface area (Å²) in [7, 11) is 3.19. The maximum atomic E-state index is 13.4. The molecule has 0 saturated carbocycles. The zero-order chi connectivity index (χ0) is 26.4. The van der Waals surface area contributed by atoms with E-state index in [9.17, 15) is 14.0 Å². The van der Waals surface area contributed by atoms with E-state index in [1.165, 1.54) is 35.9 Å². The molecule has 1 aliphatic heterocycles. The zero-order valence-electron chi connectivity index (χ0n) is 20.6. The third-order valence-corrected chi connectivity index (χ3v) is 6.44. The lowest BCUT2D eigenvalue weighted by Gasteiger charge is -2.11. The Labute approximate surface area is 218 Å². The molecular weight excluding hydrogens is 495 g/mol. The third-order valence-electron chi connectivity index (χ3n) is 5.38. The zero-order valence-corrected chi connectivity index (χ0v) is 21.4. The highest BCUT2D eigenvalue weighted by Gasteiger charge is 2.30. The number of amides is 1. The van der Waals surface area contributed by atoms with Crippen molar-refractivity contribution >= 4 is 40.6 Å². The van der Waals surface area contributed by atoms with Gasteiger partial charge in [0.05, 0.1) is 29.9 Å². The van der Waals surface area contributed by atoms with Crippen LogP contribution in [0, 0.1) is 5.82 Å². The average molecular weight is 521 g/mol. The van der Waals surface area contributed by atoms with E-state index in [1.54, 1.807) is 68.6 Å². The topological polar surface area (TPSA) is 77.4 Å². The summed E-state index contributed by atoms with van der Waals surface area (Å²) >= 11 is 1.25. The molecule has 3 aromatic carbocycles. The van der Waals surface area contributed by atoms with Gasteiger partial charge in [-0.05, 0) is 84.4 Å². The van der Waals surface area contributed by atoms with E-state index in [0.29, 0.717) is 45.0 Å². The van der Waals surface area contributed by atoms with Gasteiger partial charge in [-0.2, -0.15) is 0 Å². The van der Waals surface area contributed by atoms with Crippen LogP contribution >= 0.6 is 11.8 Å². The van der Waals surface area contributed by atoms with E-state index in [2.05, 4.69) is 4.99 Å². The number of likely N-dealkylation sites (N-methyl/N-ethyl adjacent to an activating group) is 1. The fourth-order valence-corrected chi connectivity index (χ4v) is 4.47. The van der Waals surface area contributed by atoms with Gasteiger partial charge >= 0.3 is 5.97 Å². The van der Waals surface area contributed by atoms with Crippen molar-refractivity contribution in [2.24, 2.45) is 4.99 Å². The molecule has 0 aromatic heterocycles. The lowest BCUT2D eigenvalue weighted by molar-refractivity contribution is -0.121. The number of thioether (sulfide) groups is 1. The predicted molar refractivity (Wildman–Crippen MR) is 142 cm³/mol. The van der Waals surface area contributed by atoms with Gasteiger partial charge in [0.15, 0.2) is 16.7 Å². The molecule has 7 nitrogen and oxygen atoms in total. The predicted octanol–water partition coefficient (Wildman–Crippen LogP) is 5.82. The number of hydrogen-bond donors (Lipinski definition) is 0. The van der Waals surface area contributed by atoms with Gasteiger partial charge in [-0.25, -0.2) is 14.2 Å². The van der Waals surface area contributed by atoms with Gasteiger partial charge in [0.25, 0.3) is 5.91 Å². The minimum Gasteiger partial charge on any atom is -0.493 e. The van der Waals surface area contributed by atoms with Crippen LogP contribution in [-0.4, -0.2) is 42.7 Å². The number of methoxy groups -OCH3 is 1. The standard InChI is InChI=1S/C28H25FN2O5S/c1-4-35-27(33)20-9-11-22(12-10-20)30-28-31(2)26(32)25(37-28)16-18-8-13-23(24(15-18)34-3)36-17-19-6-5-7-21(29)14-19/h5-16H,4,17H2,1-3H3. The molecule has 1 aliphatic rings. The van der Waals surface area contributed by atoms with Crippen molar-refractivity contribution in [3.05, 3.63) is 94.1 Å². The van der Waals surface area contributed by atoms with E-state index in [4.69, 9.17) is 14.2 Å². The number of rotatable bonds is 8. The summed E-state index contributed by atoms with van der Waals surface area (Å²) in [6.45, 7) is 2.24. The van der Waals surface area contributed by atoms with Gasteiger partial charge in [-0.1, -0.05) is 18.2 Å². The highest BCUT2D eigenvalue weighted by atomic mass is 32.2. The van der Waals surface area contributed by atoms with Gasteiger partial charge in [-0.15, -0.1) is 0 Å². The Kier molecular flexibility index (Phi) is 8.25. The van der Waals surface area contributed by atoms with Gasteiger partial charge in [0, 0.05) is 7.05 Å². The molecule has 0 radical (unpaired) electrons. The van der Waals surface area contributed by atoms with Crippen LogP contribution < -0.4 is 9.47 Å². The maximum absolute atomic E-state index is 13.4. The molecule has 1 amide bonds. The highest BCUT2D eigenvalue weighted by molar-refractivity contribution is 8.18. The number of ether oxygens (including phenoxy) is 3. The van der Waals surface area contributed by atoms with Crippen LogP contribution in [0.4, 0.5) is 10.1 Å². The molecule has 0 aliphatic carbocycles. The van der Waals surface area contributed by atoms with E-state index in [0.717, 1.165) is 5.56 Å². The molecular formula is C28H25FN2O5S. The van der Waals surface area contributed by atoms with Crippen LogP contribution in [0.3, 0.4) is 0 Å². The minimum absolute atomic E-state index is 0.183. The summed E-state index contributed by atoms with van der Waals surface area (Å²) in [5.74, 6) is 0.0953. The SMILES string of the molecule is CCOC(=O)c1ccc(N=C2SC(=Cc3ccc(OCc4cccc(F)c4)c(OC)c3)C(=O)N2C)cc1. The largest absolute Gasteiger partial charge is 0.493 e. The normalized spacial score (nSPS) is 15.4. The Balaban J connectivity index is 1.48. The van der Waals surface area contributed by atoms with Gasteiger partial charge in [0.1, 0.15) is 12.4 Å².